The van der Waals surface area contributed by atoms with E-state index in [4.69, 9.17) is 5.84 Å². The number of nitrogens with zero attached hydrogens (tertiary/aromatic N) is 2. The minimum absolute atomic E-state index is 0.279. The Bertz CT molecular complexity index is 392. The summed E-state index contributed by atoms with van der Waals surface area (Å²) in [6.45, 7) is 9.51. The molecule has 1 heterocycles. The molecule has 1 atom stereocenters. The van der Waals surface area contributed by atoms with E-state index >= 15 is 0 Å². The van der Waals surface area contributed by atoms with Crippen LogP contribution in [0.3, 0.4) is 0 Å². The lowest BCUT2D eigenvalue weighted by molar-refractivity contribution is 0.533. The molecule has 1 aromatic heterocycles. The van der Waals surface area contributed by atoms with Gasteiger partial charge in [-0.05, 0) is 41.4 Å². The third-order valence-corrected chi connectivity index (χ3v) is 5.47. The molecule has 0 saturated heterocycles. The Hall–Kier alpha value is -0.0400. The highest BCUT2D eigenvalue weighted by atomic mass is 79.9. The zero-order valence-electron chi connectivity index (χ0n) is 12.2. The number of thioether (sulfide) groups is 1. The van der Waals surface area contributed by atoms with E-state index in [1.165, 1.54) is 11.4 Å². The number of nitrogens with two attached hydrogens (primary N) is 1. The van der Waals surface area contributed by atoms with Crippen LogP contribution < -0.4 is 11.3 Å². The molecule has 0 amide bonds. The van der Waals surface area contributed by atoms with E-state index in [1.54, 1.807) is 0 Å². The third kappa shape index (κ3) is 5.10. The molecule has 1 aromatic rings. The van der Waals surface area contributed by atoms with E-state index in [9.17, 15) is 0 Å². The van der Waals surface area contributed by atoms with Gasteiger partial charge in [-0.25, -0.2) is 0 Å². The summed E-state index contributed by atoms with van der Waals surface area (Å²) in [5, 5.41) is 4.52. The summed E-state index contributed by atoms with van der Waals surface area (Å²) in [4.78, 5) is 0. The Morgan fingerprint density at radius 2 is 2.11 bits per heavy atom. The second kappa shape index (κ2) is 8.29. The predicted octanol–water partition coefficient (Wildman–Crippen LogP) is 2.74. The van der Waals surface area contributed by atoms with Gasteiger partial charge < -0.3 is 0 Å². The van der Waals surface area contributed by atoms with E-state index in [0.717, 1.165) is 34.8 Å². The fraction of sp³-hybridized carbons (Fsp3) is 0.769. The highest BCUT2D eigenvalue weighted by Gasteiger charge is 2.17. The first-order chi connectivity index (χ1) is 8.99. The van der Waals surface area contributed by atoms with Crippen molar-refractivity contribution in [2.45, 2.75) is 46.7 Å². The van der Waals surface area contributed by atoms with Crippen molar-refractivity contribution in [1.29, 1.82) is 0 Å². The number of aryl methyl sites for hydroxylation is 2. The van der Waals surface area contributed by atoms with Gasteiger partial charge >= 0.3 is 0 Å². The van der Waals surface area contributed by atoms with E-state index in [2.05, 4.69) is 51.9 Å². The highest BCUT2D eigenvalue weighted by Crippen LogP contribution is 2.23. The third-order valence-electron chi connectivity index (χ3n) is 2.90. The Kier molecular flexibility index (Phi) is 7.42. The molecule has 0 bridgehead atoms. The minimum Gasteiger partial charge on any atom is -0.271 e. The summed E-state index contributed by atoms with van der Waals surface area (Å²) in [6.07, 6.45) is 0.900. The average Bonchev–Trinajstić information content (AvgIpc) is 2.64. The Balaban J connectivity index is 2.65. The molecule has 1 rings (SSSR count). The van der Waals surface area contributed by atoms with E-state index in [0.29, 0.717) is 0 Å². The van der Waals surface area contributed by atoms with Gasteiger partial charge in [-0.15, -0.1) is 0 Å². The predicted molar refractivity (Wildman–Crippen MR) is 87.3 cm³/mol. The second-order valence-corrected chi connectivity index (χ2v) is 7.03. The van der Waals surface area contributed by atoms with Crippen molar-refractivity contribution >= 4 is 27.7 Å². The summed E-state index contributed by atoms with van der Waals surface area (Å²) in [7, 11) is 0. The molecule has 0 aliphatic rings. The first-order valence-electron chi connectivity index (χ1n) is 6.75. The molecule has 0 radical (unpaired) electrons. The maximum atomic E-state index is 5.68. The first-order valence-corrected chi connectivity index (χ1v) is 8.69. The quantitative estimate of drug-likeness (QED) is 0.560. The van der Waals surface area contributed by atoms with Gasteiger partial charge in [0, 0.05) is 24.8 Å². The Labute approximate surface area is 129 Å². The lowest BCUT2D eigenvalue weighted by Gasteiger charge is -2.17. The van der Waals surface area contributed by atoms with Gasteiger partial charge in [0.1, 0.15) is 0 Å². The summed E-state index contributed by atoms with van der Waals surface area (Å²) < 4.78 is 3.17. The molecule has 0 saturated carbocycles. The molecule has 0 aliphatic carbocycles. The van der Waals surface area contributed by atoms with Crippen molar-refractivity contribution < 1.29 is 0 Å². The number of rotatable bonds is 8. The monoisotopic (exact) mass is 348 g/mol. The molecule has 19 heavy (non-hydrogen) atoms. The lowest BCUT2D eigenvalue weighted by Crippen LogP contribution is -2.39. The zero-order valence-corrected chi connectivity index (χ0v) is 14.6. The van der Waals surface area contributed by atoms with Crippen LogP contribution in [0.15, 0.2) is 4.47 Å². The lowest BCUT2D eigenvalue weighted by atomic mass is 10.2. The molecular formula is C13H25BrN4S. The summed E-state index contributed by atoms with van der Waals surface area (Å²) >= 11 is 5.58. The molecule has 110 valence electrons. The molecule has 1 unspecified atom stereocenters. The molecule has 0 aliphatic heterocycles. The number of nitrogens with one attached hydrogen (secondary N) is 1. The Morgan fingerprint density at radius 1 is 1.42 bits per heavy atom. The maximum Gasteiger partial charge on any atom is 0.0738 e. The summed E-state index contributed by atoms with van der Waals surface area (Å²) in [5.74, 6) is 8.59. The molecule has 3 N–H and O–H groups in total. The van der Waals surface area contributed by atoms with Gasteiger partial charge in [0.15, 0.2) is 0 Å². The standard InChI is InChI=1S/C13H25BrN4S/c1-5-18-12(13(14)10(4)17-18)6-11(16-15)8-19-7-9(2)3/h9,11,16H,5-8,15H2,1-4H3. The SMILES string of the molecule is CCn1nc(C)c(Br)c1CC(CSCC(C)C)NN. The minimum atomic E-state index is 0.279. The van der Waals surface area contributed by atoms with Crippen LogP contribution >= 0.6 is 27.7 Å². The van der Waals surface area contributed by atoms with E-state index < -0.39 is 0 Å². The normalized spacial score (nSPS) is 13.2. The zero-order chi connectivity index (χ0) is 14.4. The summed E-state index contributed by atoms with van der Waals surface area (Å²) in [6, 6.07) is 0.279. The van der Waals surface area contributed by atoms with Crippen molar-refractivity contribution in [3.8, 4) is 0 Å². The van der Waals surface area contributed by atoms with Crippen LogP contribution in [0.25, 0.3) is 0 Å². The fourth-order valence-electron chi connectivity index (χ4n) is 1.91. The average molecular weight is 349 g/mol. The van der Waals surface area contributed by atoms with Gasteiger partial charge in [0.05, 0.1) is 15.9 Å². The molecule has 0 spiro atoms. The van der Waals surface area contributed by atoms with Crippen LogP contribution in [-0.4, -0.2) is 27.3 Å². The van der Waals surface area contributed by atoms with Gasteiger partial charge in [-0.1, -0.05) is 13.8 Å². The highest BCUT2D eigenvalue weighted by molar-refractivity contribution is 9.10. The van der Waals surface area contributed by atoms with Gasteiger partial charge in [0.25, 0.3) is 0 Å². The van der Waals surface area contributed by atoms with Gasteiger partial charge in [-0.2, -0.15) is 16.9 Å². The van der Waals surface area contributed by atoms with Crippen molar-refractivity contribution in [2.24, 2.45) is 11.8 Å². The first kappa shape index (κ1) is 17.0. The molecule has 4 nitrogen and oxygen atoms in total. The van der Waals surface area contributed by atoms with Crippen LogP contribution in [0.5, 0.6) is 0 Å². The number of aromatic nitrogens is 2. The number of hydrazine groups is 1. The van der Waals surface area contributed by atoms with Crippen LogP contribution in [0, 0.1) is 12.8 Å². The van der Waals surface area contributed by atoms with Crippen molar-refractivity contribution in [2.75, 3.05) is 11.5 Å². The number of halogens is 1. The fourth-order valence-corrected chi connectivity index (χ4v) is 3.46. The van der Waals surface area contributed by atoms with Crippen molar-refractivity contribution in [1.82, 2.24) is 15.2 Å². The van der Waals surface area contributed by atoms with Crippen molar-refractivity contribution in [3.05, 3.63) is 15.9 Å². The topological polar surface area (TPSA) is 55.9 Å². The molecule has 0 fully saturated rings. The van der Waals surface area contributed by atoms with E-state index in [1.807, 2.05) is 18.7 Å². The van der Waals surface area contributed by atoms with Gasteiger partial charge in [-0.3, -0.25) is 16.0 Å². The largest absolute Gasteiger partial charge is 0.271 e. The van der Waals surface area contributed by atoms with Crippen LogP contribution in [0.2, 0.25) is 0 Å². The smallest absolute Gasteiger partial charge is 0.0738 e. The van der Waals surface area contributed by atoms with Crippen LogP contribution in [0.1, 0.15) is 32.2 Å². The number of hydrogen-bond donors (Lipinski definition) is 2. The van der Waals surface area contributed by atoms with Crippen LogP contribution in [0.4, 0.5) is 0 Å². The molecule has 0 aromatic carbocycles. The Morgan fingerprint density at radius 3 is 2.63 bits per heavy atom. The summed E-state index contributed by atoms with van der Waals surface area (Å²) in [5.41, 5.74) is 5.20. The van der Waals surface area contributed by atoms with Crippen LogP contribution in [-0.2, 0) is 13.0 Å². The number of hydrogen-bond acceptors (Lipinski definition) is 4. The van der Waals surface area contributed by atoms with Crippen molar-refractivity contribution in [3.63, 3.8) is 0 Å². The second-order valence-electron chi connectivity index (χ2n) is 5.16. The van der Waals surface area contributed by atoms with Gasteiger partial charge in [0.2, 0.25) is 0 Å². The van der Waals surface area contributed by atoms with E-state index in [-0.39, 0.29) is 6.04 Å². The molecule has 6 heteroatoms. The molecular weight excluding hydrogens is 324 g/mol. The maximum absolute atomic E-state index is 5.68.